The predicted octanol–water partition coefficient (Wildman–Crippen LogP) is 5.39. The van der Waals surface area contributed by atoms with Crippen molar-refractivity contribution in [3.63, 3.8) is 0 Å². The van der Waals surface area contributed by atoms with E-state index in [2.05, 4.69) is 38.9 Å². The van der Waals surface area contributed by atoms with Crippen LogP contribution in [0.1, 0.15) is 51.9 Å². The average molecular weight is 501 g/mol. The van der Waals surface area contributed by atoms with Gasteiger partial charge in [-0.25, -0.2) is 14.4 Å². The normalized spacial score (nSPS) is 24.5. The molecule has 7 nitrogen and oxygen atoms in total. The summed E-state index contributed by atoms with van der Waals surface area (Å²) in [5, 5.41) is 19.8. The number of nitrogens with zero attached hydrogens (tertiary/aromatic N) is 3. The van der Waals surface area contributed by atoms with Crippen molar-refractivity contribution in [2.24, 2.45) is 5.92 Å². The first kappa shape index (κ1) is 25.6. The SMILES string of the molecule is CCCNC1CCC(Nc2cc(-c3ccc(F)c(NCC4CC(C#N)CCO4)n3)c(Cl)cn2)CC1. The van der Waals surface area contributed by atoms with Gasteiger partial charge in [0.1, 0.15) is 5.82 Å². The predicted molar refractivity (Wildman–Crippen MR) is 137 cm³/mol. The Hall–Kier alpha value is -2.47. The topological polar surface area (TPSA) is 94.9 Å². The zero-order valence-electron chi connectivity index (χ0n) is 20.2. The molecule has 2 aliphatic rings. The zero-order valence-corrected chi connectivity index (χ0v) is 21.0. The van der Waals surface area contributed by atoms with Crippen molar-refractivity contribution in [3.05, 3.63) is 35.2 Å². The van der Waals surface area contributed by atoms with Gasteiger partial charge in [0.05, 0.1) is 28.8 Å². The van der Waals surface area contributed by atoms with Gasteiger partial charge in [-0.3, -0.25) is 0 Å². The van der Waals surface area contributed by atoms with E-state index in [1.54, 1.807) is 12.3 Å². The fraction of sp³-hybridized carbons (Fsp3) is 0.577. The molecule has 3 N–H and O–H groups in total. The van der Waals surface area contributed by atoms with Gasteiger partial charge in [0.25, 0.3) is 0 Å². The van der Waals surface area contributed by atoms with Crippen LogP contribution in [-0.2, 0) is 4.74 Å². The van der Waals surface area contributed by atoms with Crippen LogP contribution in [0.5, 0.6) is 0 Å². The summed E-state index contributed by atoms with van der Waals surface area (Å²) in [5.41, 5.74) is 1.26. The molecule has 35 heavy (non-hydrogen) atoms. The molecular weight excluding hydrogens is 467 g/mol. The molecule has 2 atom stereocenters. The van der Waals surface area contributed by atoms with Gasteiger partial charge in [0, 0.05) is 37.0 Å². The van der Waals surface area contributed by atoms with Gasteiger partial charge in [-0.1, -0.05) is 18.5 Å². The molecule has 1 saturated heterocycles. The Bertz CT molecular complexity index is 1020. The Kier molecular flexibility index (Phi) is 9.13. The summed E-state index contributed by atoms with van der Waals surface area (Å²) < 4.78 is 20.2. The van der Waals surface area contributed by atoms with E-state index in [1.807, 2.05) is 6.07 Å². The minimum Gasteiger partial charge on any atom is -0.376 e. The molecule has 0 amide bonds. The van der Waals surface area contributed by atoms with Crippen molar-refractivity contribution in [1.29, 1.82) is 5.26 Å². The van der Waals surface area contributed by atoms with Gasteiger partial charge in [0.2, 0.25) is 0 Å². The molecule has 4 rings (SSSR count). The molecule has 2 fully saturated rings. The van der Waals surface area contributed by atoms with E-state index in [9.17, 15) is 9.65 Å². The van der Waals surface area contributed by atoms with Crippen molar-refractivity contribution >= 4 is 23.2 Å². The smallest absolute Gasteiger partial charge is 0.165 e. The van der Waals surface area contributed by atoms with Crippen LogP contribution in [0.15, 0.2) is 24.4 Å². The largest absolute Gasteiger partial charge is 0.376 e. The summed E-state index contributed by atoms with van der Waals surface area (Å²) in [7, 11) is 0. The van der Waals surface area contributed by atoms with E-state index in [0.29, 0.717) is 47.9 Å². The number of ether oxygens (including phenoxy) is 1. The third-order valence-corrected chi connectivity index (χ3v) is 7.09. The van der Waals surface area contributed by atoms with Gasteiger partial charge in [-0.15, -0.1) is 0 Å². The third kappa shape index (κ3) is 7.03. The minimum absolute atomic E-state index is 0.0242. The molecule has 2 unspecified atom stereocenters. The number of anilines is 2. The molecular formula is C26H34ClFN6O. The van der Waals surface area contributed by atoms with Crippen LogP contribution >= 0.6 is 11.6 Å². The fourth-order valence-corrected chi connectivity index (χ4v) is 4.98. The molecule has 9 heteroatoms. The average Bonchev–Trinajstić information content (AvgIpc) is 2.89. The highest BCUT2D eigenvalue weighted by molar-refractivity contribution is 6.33. The Labute approximate surface area is 211 Å². The van der Waals surface area contributed by atoms with Crippen LogP contribution in [0.3, 0.4) is 0 Å². The highest BCUT2D eigenvalue weighted by atomic mass is 35.5. The number of aromatic nitrogens is 2. The summed E-state index contributed by atoms with van der Waals surface area (Å²) >= 11 is 6.46. The third-order valence-electron chi connectivity index (χ3n) is 6.79. The number of pyridine rings is 2. The summed E-state index contributed by atoms with van der Waals surface area (Å²) in [4.78, 5) is 8.96. The fourth-order valence-electron chi connectivity index (χ4n) is 4.78. The summed E-state index contributed by atoms with van der Waals surface area (Å²) in [6.45, 7) is 4.19. The molecule has 2 aromatic rings. The first-order chi connectivity index (χ1) is 17.1. The van der Waals surface area contributed by atoms with Gasteiger partial charge in [0.15, 0.2) is 11.6 Å². The van der Waals surface area contributed by atoms with Gasteiger partial charge < -0.3 is 20.7 Å². The lowest BCUT2D eigenvalue weighted by Gasteiger charge is -2.30. The van der Waals surface area contributed by atoms with E-state index in [0.717, 1.165) is 50.9 Å². The number of rotatable bonds is 9. The summed E-state index contributed by atoms with van der Waals surface area (Å²) in [5.74, 6) is 0.417. The molecule has 0 spiro atoms. The number of halogens is 2. The molecule has 0 aromatic carbocycles. The number of hydrogen-bond donors (Lipinski definition) is 3. The van der Waals surface area contributed by atoms with Crippen LogP contribution in [0.25, 0.3) is 11.3 Å². The number of hydrogen-bond acceptors (Lipinski definition) is 7. The van der Waals surface area contributed by atoms with E-state index in [4.69, 9.17) is 16.3 Å². The van der Waals surface area contributed by atoms with Gasteiger partial charge in [-0.05, 0) is 69.7 Å². The maximum atomic E-state index is 14.5. The Morgan fingerprint density at radius 2 is 2.00 bits per heavy atom. The molecule has 1 aliphatic heterocycles. The van der Waals surface area contributed by atoms with Gasteiger partial charge >= 0.3 is 0 Å². The summed E-state index contributed by atoms with van der Waals surface area (Å²) in [6.07, 6.45) is 8.45. The van der Waals surface area contributed by atoms with E-state index in [-0.39, 0.29) is 17.8 Å². The van der Waals surface area contributed by atoms with Crippen LogP contribution in [0.4, 0.5) is 16.0 Å². The first-order valence-electron chi connectivity index (χ1n) is 12.6. The van der Waals surface area contributed by atoms with Crippen LogP contribution in [0.2, 0.25) is 5.02 Å². The number of nitrogens with one attached hydrogen (secondary N) is 3. The highest BCUT2D eigenvalue weighted by Gasteiger charge is 2.23. The molecule has 0 radical (unpaired) electrons. The Balaban J connectivity index is 1.40. The standard InChI is InChI=1S/C26H34ClFN6O/c1-2-10-30-18-3-5-19(6-4-18)33-25-13-21(22(27)16-31-25)24-8-7-23(28)26(34-24)32-15-20-12-17(14-29)9-11-35-20/h7-8,13,16-20,30H,2-6,9-12,15H2,1H3,(H,31,33)(H,32,34). The number of nitriles is 1. The summed E-state index contributed by atoms with van der Waals surface area (Å²) in [6, 6.07) is 8.16. The second-order valence-corrected chi connectivity index (χ2v) is 9.85. The van der Waals surface area contributed by atoms with Crippen molar-refractivity contribution in [2.75, 3.05) is 30.3 Å². The first-order valence-corrected chi connectivity index (χ1v) is 13.0. The van der Waals surface area contributed by atoms with E-state index < -0.39 is 5.82 Å². The molecule has 188 valence electrons. The quantitative estimate of drug-likeness (QED) is 0.425. The van der Waals surface area contributed by atoms with Crippen molar-refractivity contribution in [2.45, 2.75) is 70.1 Å². The molecule has 3 heterocycles. The lowest BCUT2D eigenvalue weighted by atomic mass is 9.91. The lowest BCUT2D eigenvalue weighted by Crippen LogP contribution is -2.37. The highest BCUT2D eigenvalue weighted by Crippen LogP contribution is 2.31. The molecule has 0 bridgehead atoms. The van der Waals surface area contributed by atoms with Crippen molar-refractivity contribution in [1.82, 2.24) is 15.3 Å². The molecule has 1 aliphatic carbocycles. The van der Waals surface area contributed by atoms with Crippen LogP contribution < -0.4 is 16.0 Å². The zero-order chi connectivity index (χ0) is 24.6. The monoisotopic (exact) mass is 500 g/mol. The van der Waals surface area contributed by atoms with Gasteiger partial charge in [-0.2, -0.15) is 5.26 Å². The Morgan fingerprint density at radius 3 is 2.77 bits per heavy atom. The van der Waals surface area contributed by atoms with Crippen LogP contribution in [-0.4, -0.2) is 47.9 Å². The lowest BCUT2D eigenvalue weighted by molar-refractivity contribution is 0.0104. The molecule has 1 saturated carbocycles. The van der Waals surface area contributed by atoms with Crippen molar-refractivity contribution < 1.29 is 9.13 Å². The van der Waals surface area contributed by atoms with Crippen LogP contribution in [0, 0.1) is 23.1 Å². The minimum atomic E-state index is -0.446. The second-order valence-electron chi connectivity index (χ2n) is 9.45. The maximum Gasteiger partial charge on any atom is 0.165 e. The second kappa shape index (κ2) is 12.5. The van der Waals surface area contributed by atoms with E-state index in [1.165, 1.54) is 6.07 Å². The van der Waals surface area contributed by atoms with Crippen molar-refractivity contribution in [3.8, 4) is 17.3 Å². The maximum absolute atomic E-state index is 14.5. The van der Waals surface area contributed by atoms with E-state index >= 15 is 0 Å². The molecule has 2 aromatic heterocycles. The Morgan fingerprint density at radius 1 is 1.20 bits per heavy atom.